The number of carbonyl (C=O) groups excluding carboxylic acids is 1. The molecule has 0 aromatic heterocycles. The van der Waals surface area contributed by atoms with E-state index >= 15 is 0 Å². The molecule has 0 bridgehead atoms. The molecule has 0 aliphatic rings. The molecule has 0 aliphatic carbocycles. The molecule has 0 atom stereocenters. The summed E-state index contributed by atoms with van der Waals surface area (Å²) >= 11 is 0. The second-order valence-corrected chi connectivity index (χ2v) is 3.08. The lowest BCUT2D eigenvalue weighted by molar-refractivity contribution is -0.134. The molecule has 0 saturated carbocycles. The fourth-order valence-corrected chi connectivity index (χ4v) is 0.534. The summed E-state index contributed by atoms with van der Waals surface area (Å²) in [4.78, 5) is 18.4. The molecule has 1 aromatic rings. The molecule has 3 heteroatoms. The second-order valence-electron chi connectivity index (χ2n) is 3.08. The minimum atomic E-state index is -0.833. The average molecular weight is 210 g/mol. The van der Waals surface area contributed by atoms with Gasteiger partial charge in [0.25, 0.3) is 5.97 Å². The molecule has 0 aliphatic heterocycles. The Morgan fingerprint density at radius 3 is 1.40 bits per heavy atom. The van der Waals surface area contributed by atoms with Gasteiger partial charge >= 0.3 is 0 Å². The highest BCUT2D eigenvalue weighted by Gasteiger charge is 1.72. The first kappa shape index (κ1) is 15.8. The van der Waals surface area contributed by atoms with Crippen molar-refractivity contribution in [3.05, 3.63) is 35.9 Å². The SMILES string of the molecule is CC(=O)O.CC(C)=O.Cc1ccccc1. The van der Waals surface area contributed by atoms with Crippen LogP contribution in [0.4, 0.5) is 0 Å². The van der Waals surface area contributed by atoms with E-state index in [9.17, 15) is 4.79 Å². The van der Waals surface area contributed by atoms with E-state index in [0.29, 0.717) is 0 Å². The number of carbonyl (C=O) groups is 2. The molecule has 1 N–H and O–H groups in total. The van der Waals surface area contributed by atoms with Crippen molar-refractivity contribution in [2.75, 3.05) is 0 Å². The zero-order chi connectivity index (χ0) is 12.3. The molecule has 1 rings (SSSR count). The second kappa shape index (κ2) is 10.4. The van der Waals surface area contributed by atoms with Gasteiger partial charge in [0, 0.05) is 6.92 Å². The van der Waals surface area contributed by atoms with Crippen LogP contribution in [0.3, 0.4) is 0 Å². The summed E-state index contributed by atoms with van der Waals surface area (Å²) < 4.78 is 0. The summed E-state index contributed by atoms with van der Waals surface area (Å²) in [5, 5.41) is 7.42. The Kier molecular flexibility index (Phi) is 11.0. The quantitative estimate of drug-likeness (QED) is 0.716. The molecule has 15 heavy (non-hydrogen) atoms. The number of Topliss-reactive ketones (excluding diaryl/α,β-unsaturated/α-hetero) is 1. The first-order chi connectivity index (χ1) is 6.86. The lowest BCUT2D eigenvalue weighted by Crippen LogP contribution is -1.78. The predicted molar refractivity (Wildman–Crippen MR) is 60.8 cm³/mol. The van der Waals surface area contributed by atoms with Crippen molar-refractivity contribution in [3.8, 4) is 0 Å². The molecule has 84 valence electrons. The molecule has 0 amide bonds. The van der Waals surface area contributed by atoms with Gasteiger partial charge in [-0.2, -0.15) is 0 Å². The molecule has 0 unspecified atom stereocenters. The summed E-state index contributed by atoms with van der Waals surface area (Å²) in [5.41, 5.74) is 1.32. The third-order valence-electron chi connectivity index (χ3n) is 0.940. The molecule has 0 saturated heterocycles. The Labute approximate surface area is 90.7 Å². The predicted octanol–water partition coefficient (Wildman–Crippen LogP) is 2.68. The molecule has 3 nitrogen and oxygen atoms in total. The Morgan fingerprint density at radius 2 is 1.27 bits per heavy atom. The molecule has 1 aromatic carbocycles. The molecular weight excluding hydrogens is 192 g/mol. The summed E-state index contributed by atoms with van der Waals surface area (Å²) in [6, 6.07) is 10.3. The summed E-state index contributed by atoms with van der Waals surface area (Å²) in [5.74, 6) is -0.667. The maximum Gasteiger partial charge on any atom is 0.300 e. The number of hydrogen-bond acceptors (Lipinski definition) is 2. The van der Waals surface area contributed by atoms with Crippen molar-refractivity contribution in [3.63, 3.8) is 0 Å². The Balaban J connectivity index is 0. The lowest BCUT2D eigenvalue weighted by atomic mass is 10.2. The molecule has 0 heterocycles. The zero-order valence-electron chi connectivity index (χ0n) is 9.65. The fraction of sp³-hybridized carbons (Fsp3) is 0.333. The number of hydrogen-bond donors (Lipinski definition) is 1. The van der Waals surface area contributed by atoms with Crippen LogP contribution in [0.5, 0.6) is 0 Å². The monoisotopic (exact) mass is 210 g/mol. The van der Waals surface area contributed by atoms with Crippen molar-refractivity contribution in [1.82, 2.24) is 0 Å². The maximum atomic E-state index is 9.44. The van der Waals surface area contributed by atoms with E-state index in [1.54, 1.807) is 0 Å². The summed E-state index contributed by atoms with van der Waals surface area (Å²) in [7, 11) is 0. The van der Waals surface area contributed by atoms with Crippen LogP contribution in [-0.4, -0.2) is 16.9 Å². The van der Waals surface area contributed by atoms with Gasteiger partial charge in [0.15, 0.2) is 0 Å². The summed E-state index contributed by atoms with van der Waals surface area (Å²) in [6.07, 6.45) is 0. The van der Waals surface area contributed by atoms with Crippen LogP contribution < -0.4 is 0 Å². The Morgan fingerprint density at radius 1 is 1.00 bits per heavy atom. The number of carboxylic acid groups (broad SMARTS) is 1. The van der Waals surface area contributed by atoms with Crippen LogP contribution in [0.25, 0.3) is 0 Å². The fourth-order valence-electron chi connectivity index (χ4n) is 0.534. The van der Waals surface area contributed by atoms with E-state index in [0.717, 1.165) is 6.92 Å². The smallest absolute Gasteiger partial charge is 0.300 e. The van der Waals surface area contributed by atoms with Crippen molar-refractivity contribution in [2.24, 2.45) is 0 Å². The van der Waals surface area contributed by atoms with Gasteiger partial charge in [-0.25, -0.2) is 0 Å². The molecular formula is C12H18O3. The van der Waals surface area contributed by atoms with Crippen LogP contribution in [0.15, 0.2) is 30.3 Å². The van der Waals surface area contributed by atoms with Crippen LogP contribution >= 0.6 is 0 Å². The van der Waals surface area contributed by atoms with Crippen molar-refractivity contribution >= 4 is 11.8 Å². The zero-order valence-corrected chi connectivity index (χ0v) is 9.65. The van der Waals surface area contributed by atoms with Crippen molar-refractivity contribution in [1.29, 1.82) is 0 Å². The summed E-state index contributed by atoms with van der Waals surface area (Å²) in [6.45, 7) is 6.22. The number of carboxylic acids is 1. The molecule has 0 spiro atoms. The van der Waals surface area contributed by atoms with Crippen molar-refractivity contribution < 1.29 is 14.7 Å². The number of aliphatic carboxylic acids is 1. The van der Waals surface area contributed by atoms with E-state index in [1.807, 2.05) is 18.2 Å². The first-order valence-electron chi connectivity index (χ1n) is 4.54. The van der Waals surface area contributed by atoms with E-state index in [-0.39, 0.29) is 5.78 Å². The first-order valence-corrected chi connectivity index (χ1v) is 4.54. The Hall–Kier alpha value is -1.64. The highest BCUT2D eigenvalue weighted by molar-refractivity contribution is 5.72. The van der Waals surface area contributed by atoms with Crippen LogP contribution in [0.1, 0.15) is 26.3 Å². The van der Waals surface area contributed by atoms with Gasteiger partial charge < -0.3 is 9.90 Å². The average Bonchev–Trinajstić information content (AvgIpc) is 2.03. The van der Waals surface area contributed by atoms with Crippen LogP contribution in [-0.2, 0) is 9.59 Å². The van der Waals surface area contributed by atoms with E-state index in [2.05, 4.69) is 19.1 Å². The van der Waals surface area contributed by atoms with E-state index in [1.165, 1.54) is 19.4 Å². The topological polar surface area (TPSA) is 54.4 Å². The van der Waals surface area contributed by atoms with Gasteiger partial charge in [0.05, 0.1) is 0 Å². The standard InChI is InChI=1S/C7H8.C3H6O.C2H4O2/c1-7-5-3-2-4-6-7;1-3(2)4;1-2(3)4/h2-6H,1H3;1-2H3;1H3,(H,3,4). The van der Waals surface area contributed by atoms with Gasteiger partial charge in [0.2, 0.25) is 0 Å². The van der Waals surface area contributed by atoms with Gasteiger partial charge in [-0.1, -0.05) is 35.9 Å². The third kappa shape index (κ3) is 32.8. The van der Waals surface area contributed by atoms with Gasteiger partial charge in [-0.05, 0) is 20.8 Å². The molecule has 0 fully saturated rings. The highest BCUT2D eigenvalue weighted by atomic mass is 16.4. The molecule has 0 radical (unpaired) electrons. The minimum Gasteiger partial charge on any atom is -0.481 e. The highest BCUT2D eigenvalue weighted by Crippen LogP contribution is 1.92. The number of rotatable bonds is 0. The Bertz CT molecular complexity index is 258. The third-order valence-corrected chi connectivity index (χ3v) is 0.940. The van der Waals surface area contributed by atoms with Gasteiger partial charge in [0.1, 0.15) is 5.78 Å². The number of benzene rings is 1. The van der Waals surface area contributed by atoms with Gasteiger partial charge in [-0.15, -0.1) is 0 Å². The normalized spacial score (nSPS) is 7.47. The van der Waals surface area contributed by atoms with E-state index in [4.69, 9.17) is 9.90 Å². The van der Waals surface area contributed by atoms with Crippen molar-refractivity contribution in [2.45, 2.75) is 27.7 Å². The largest absolute Gasteiger partial charge is 0.481 e. The van der Waals surface area contributed by atoms with Crippen LogP contribution in [0, 0.1) is 6.92 Å². The lowest BCUT2D eigenvalue weighted by Gasteiger charge is -1.82. The van der Waals surface area contributed by atoms with Crippen LogP contribution in [0.2, 0.25) is 0 Å². The maximum absolute atomic E-state index is 9.44. The minimum absolute atomic E-state index is 0.167. The number of ketones is 1. The number of aryl methyl sites for hydroxylation is 1. The van der Waals surface area contributed by atoms with E-state index < -0.39 is 5.97 Å². The van der Waals surface area contributed by atoms with Gasteiger partial charge in [-0.3, -0.25) is 4.79 Å².